The molecule has 0 radical (unpaired) electrons. The van der Waals surface area contributed by atoms with Gasteiger partial charge < -0.3 is 14.0 Å². The van der Waals surface area contributed by atoms with Gasteiger partial charge in [0, 0.05) is 18.9 Å². The van der Waals surface area contributed by atoms with E-state index in [1.54, 1.807) is 0 Å². The first-order valence-electron chi connectivity index (χ1n) is 11.3. The summed E-state index contributed by atoms with van der Waals surface area (Å²) in [6.45, 7) is 11.8. The minimum absolute atomic E-state index is 0.0295. The fourth-order valence-electron chi connectivity index (χ4n) is 4.43. The topological polar surface area (TPSA) is 52.6 Å². The Hall–Kier alpha value is -1.98. The highest BCUT2D eigenvalue weighted by molar-refractivity contribution is 6.74. The van der Waals surface area contributed by atoms with Crippen molar-refractivity contribution in [3.8, 4) is 0 Å². The number of methoxy groups -OCH3 is 1. The molecule has 0 saturated carbocycles. The summed E-state index contributed by atoms with van der Waals surface area (Å²) in [7, 11) is -0.477. The summed E-state index contributed by atoms with van der Waals surface area (Å²) < 4.78 is 11.5. The lowest BCUT2D eigenvalue weighted by molar-refractivity contribution is -0.141. The average molecular weight is 441 g/mol. The summed E-state index contributed by atoms with van der Waals surface area (Å²) in [5.41, 5.74) is 3.78. The normalized spacial score (nSPS) is 17.4. The van der Waals surface area contributed by atoms with Crippen molar-refractivity contribution in [1.29, 1.82) is 0 Å². The molecule has 168 valence electrons. The minimum atomic E-state index is -1.93. The number of rotatable bonds is 8. The summed E-state index contributed by atoms with van der Waals surface area (Å²) in [6.07, 6.45) is 3.72. The van der Waals surface area contributed by atoms with E-state index < -0.39 is 8.32 Å². The molecule has 2 aromatic rings. The van der Waals surface area contributed by atoms with Gasteiger partial charge >= 0.3 is 5.97 Å². The molecule has 1 aliphatic carbocycles. The lowest BCUT2D eigenvalue weighted by Crippen LogP contribution is -2.41. The number of benzene rings is 2. The van der Waals surface area contributed by atoms with Crippen LogP contribution in [-0.4, -0.2) is 34.3 Å². The van der Waals surface area contributed by atoms with E-state index in [1.807, 2.05) is 6.07 Å². The maximum atomic E-state index is 12.1. The van der Waals surface area contributed by atoms with Crippen LogP contribution in [0.4, 0.5) is 0 Å². The Morgan fingerprint density at radius 2 is 1.97 bits per heavy atom. The van der Waals surface area contributed by atoms with Gasteiger partial charge in [-0.15, -0.1) is 0 Å². The van der Waals surface area contributed by atoms with Gasteiger partial charge in [-0.25, -0.2) is 0 Å². The zero-order valence-electron chi connectivity index (χ0n) is 19.8. The molecule has 2 aromatic carbocycles. The summed E-state index contributed by atoms with van der Waals surface area (Å²) in [5, 5.41) is 2.49. The number of hydrogen-bond acceptors (Lipinski definition) is 4. The number of esters is 1. The van der Waals surface area contributed by atoms with Crippen molar-refractivity contribution in [2.75, 3.05) is 13.7 Å². The van der Waals surface area contributed by atoms with Gasteiger partial charge in [0.25, 0.3) is 0 Å². The Morgan fingerprint density at radius 3 is 2.61 bits per heavy atom. The third kappa shape index (κ3) is 4.93. The highest BCUT2D eigenvalue weighted by Crippen LogP contribution is 2.45. The Bertz CT molecular complexity index is 958. The molecule has 0 aliphatic heterocycles. The molecule has 1 aliphatic rings. The smallest absolute Gasteiger partial charge is 0.306 e. The summed E-state index contributed by atoms with van der Waals surface area (Å²) in [4.78, 5) is 23.7. The van der Waals surface area contributed by atoms with Gasteiger partial charge in [-0.05, 0) is 64.4 Å². The molecule has 0 amide bonds. The van der Waals surface area contributed by atoms with Crippen LogP contribution in [0.15, 0.2) is 30.3 Å². The van der Waals surface area contributed by atoms with E-state index in [0.29, 0.717) is 19.4 Å². The van der Waals surface area contributed by atoms with Gasteiger partial charge in [0.2, 0.25) is 0 Å². The van der Waals surface area contributed by atoms with Gasteiger partial charge in [0.1, 0.15) is 6.29 Å². The lowest BCUT2D eigenvalue weighted by atomic mass is 9.85. The zero-order valence-corrected chi connectivity index (χ0v) is 20.8. The molecule has 2 atom stereocenters. The molecule has 3 rings (SSSR count). The van der Waals surface area contributed by atoms with Crippen LogP contribution in [0.5, 0.6) is 0 Å². The van der Waals surface area contributed by atoms with Crippen molar-refractivity contribution in [2.24, 2.45) is 0 Å². The molecule has 0 spiro atoms. The molecular formula is C26H36O4Si. The van der Waals surface area contributed by atoms with Crippen LogP contribution in [0.1, 0.15) is 68.6 Å². The predicted octanol–water partition coefficient (Wildman–Crippen LogP) is 6.13. The molecule has 31 heavy (non-hydrogen) atoms. The molecule has 0 aromatic heterocycles. The first-order valence-corrected chi connectivity index (χ1v) is 14.2. The van der Waals surface area contributed by atoms with Crippen molar-refractivity contribution in [1.82, 2.24) is 0 Å². The maximum absolute atomic E-state index is 12.1. The largest absolute Gasteiger partial charge is 0.469 e. The van der Waals surface area contributed by atoms with Crippen LogP contribution in [0, 0.1) is 0 Å². The van der Waals surface area contributed by atoms with Gasteiger partial charge in [-0.1, -0.05) is 51.1 Å². The number of fused-ring (bicyclic) bond motifs is 3. The summed E-state index contributed by atoms with van der Waals surface area (Å²) in [6, 6.07) is 10.6. The Morgan fingerprint density at radius 1 is 1.26 bits per heavy atom. The minimum Gasteiger partial charge on any atom is -0.469 e. The monoisotopic (exact) mass is 440 g/mol. The van der Waals surface area contributed by atoms with E-state index in [-0.39, 0.29) is 22.8 Å². The quantitative estimate of drug-likeness (QED) is 0.282. The number of aldehydes is 1. The first-order chi connectivity index (χ1) is 14.6. The second-order valence-electron chi connectivity index (χ2n) is 10.3. The molecule has 0 bridgehead atoms. The molecule has 0 fully saturated rings. The van der Waals surface area contributed by atoms with Crippen molar-refractivity contribution in [3.05, 3.63) is 47.0 Å². The Balaban J connectivity index is 2.04. The highest BCUT2D eigenvalue weighted by atomic mass is 28.4. The van der Waals surface area contributed by atoms with E-state index in [0.717, 1.165) is 24.5 Å². The van der Waals surface area contributed by atoms with Gasteiger partial charge in [-0.3, -0.25) is 4.79 Å². The lowest BCUT2D eigenvalue weighted by Gasteiger charge is -2.37. The van der Waals surface area contributed by atoms with Crippen LogP contribution in [0.25, 0.3) is 10.8 Å². The Labute approximate surface area is 187 Å². The zero-order chi connectivity index (χ0) is 22.8. The highest BCUT2D eigenvalue weighted by Gasteiger charge is 2.38. The third-order valence-electron chi connectivity index (χ3n) is 7.30. The summed E-state index contributed by atoms with van der Waals surface area (Å²) in [5.74, 6) is 0.0189. The molecule has 5 heteroatoms. The molecule has 0 saturated heterocycles. The number of carbonyl (C=O) groups excluding carboxylic acids is 2. The molecule has 0 heterocycles. The van der Waals surface area contributed by atoms with Crippen molar-refractivity contribution in [3.63, 3.8) is 0 Å². The van der Waals surface area contributed by atoms with Crippen molar-refractivity contribution in [2.45, 2.75) is 76.4 Å². The molecule has 0 N–H and O–H groups in total. The van der Waals surface area contributed by atoms with E-state index in [4.69, 9.17) is 9.16 Å². The van der Waals surface area contributed by atoms with E-state index in [1.165, 1.54) is 29.2 Å². The fourth-order valence-corrected chi connectivity index (χ4v) is 5.48. The predicted molar refractivity (Wildman–Crippen MR) is 128 cm³/mol. The average Bonchev–Trinajstić information content (AvgIpc) is 3.13. The number of carbonyl (C=O) groups is 2. The van der Waals surface area contributed by atoms with Gasteiger partial charge in [0.15, 0.2) is 8.32 Å². The van der Waals surface area contributed by atoms with Crippen LogP contribution in [-0.2, 0) is 25.2 Å². The van der Waals surface area contributed by atoms with E-state index in [2.05, 4.69) is 58.1 Å². The maximum Gasteiger partial charge on any atom is 0.306 e. The van der Waals surface area contributed by atoms with Gasteiger partial charge in [-0.2, -0.15) is 0 Å². The van der Waals surface area contributed by atoms with Crippen LogP contribution in [0.3, 0.4) is 0 Å². The molecule has 4 nitrogen and oxygen atoms in total. The van der Waals surface area contributed by atoms with E-state index in [9.17, 15) is 9.59 Å². The SMILES string of the molecule is COC(=O)CC1CCc2c(C(CC=O)CO[Si](C)(C)C(C)(C)C)cc3ccccc3c21. The third-order valence-corrected chi connectivity index (χ3v) is 11.8. The van der Waals surface area contributed by atoms with Crippen LogP contribution >= 0.6 is 0 Å². The second-order valence-corrected chi connectivity index (χ2v) is 15.1. The van der Waals surface area contributed by atoms with Gasteiger partial charge in [0.05, 0.1) is 13.5 Å². The molecular weight excluding hydrogens is 404 g/mol. The van der Waals surface area contributed by atoms with E-state index >= 15 is 0 Å². The van der Waals surface area contributed by atoms with Crippen molar-refractivity contribution < 1.29 is 18.8 Å². The standard InChI is InChI=1S/C26H36O4Si/c1-26(2,3)31(5,6)30-17-20(13-14-27)23-15-18-9-7-8-10-21(18)25-19(11-12-22(23)25)16-24(28)29-4/h7-10,14-15,19-20H,11-13,16-17H2,1-6H3. The number of hydrogen-bond donors (Lipinski definition) is 0. The number of ether oxygens (including phenoxy) is 1. The van der Waals surface area contributed by atoms with Crippen molar-refractivity contribution >= 4 is 31.3 Å². The van der Waals surface area contributed by atoms with Crippen LogP contribution < -0.4 is 0 Å². The molecule has 2 unspecified atom stereocenters. The first kappa shape index (κ1) is 23.7. The fraction of sp³-hybridized carbons (Fsp3) is 0.538. The summed E-state index contributed by atoms with van der Waals surface area (Å²) >= 11 is 0. The Kier molecular flexibility index (Phi) is 7.07. The van der Waals surface area contributed by atoms with Crippen LogP contribution in [0.2, 0.25) is 18.1 Å². The second kappa shape index (κ2) is 9.25.